The van der Waals surface area contributed by atoms with Crippen molar-refractivity contribution in [3.05, 3.63) is 28.7 Å². The molecule has 1 aromatic rings. The third-order valence-electron chi connectivity index (χ3n) is 2.59. The summed E-state index contributed by atoms with van der Waals surface area (Å²) in [6.45, 7) is -0.443. The maximum atomic E-state index is 12.0. The molecule has 0 atom stereocenters. The van der Waals surface area contributed by atoms with Crippen molar-refractivity contribution in [3.63, 3.8) is 0 Å². The maximum absolute atomic E-state index is 12.0. The number of carbonyl (C=O) groups is 2. The van der Waals surface area contributed by atoms with Crippen LogP contribution in [0.15, 0.2) is 33.6 Å². The minimum Gasteiger partial charge on any atom is -0.439 e. The van der Waals surface area contributed by atoms with Crippen LogP contribution in [0, 0.1) is 0 Å². The number of hydrogen-bond acceptors (Lipinski definition) is 5. The number of ether oxygens (including phenoxy) is 1. The molecule has 1 heterocycles. The van der Waals surface area contributed by atoms with Crippen LogP contribution in [-0.4, -0.2) is 45.0 Å². The number of halogens is 1. The first kappa shape index (κ1) is 14.9. The molecule has 7 nitrogen and oxygen atoms in total. The average Bonchev–Trinajstić information content (AvgIpc) is 2.70. The Morgan fingerprint density at radius 1 is 1.30 bits per heavy atom. The zero-order chi connectivity index (χ0) is 14.8. The second kappa shape index (κ2) is 5.90. The minimum absolute atomic E-state index is 0.0681. The molecule has 1 aliphatic rings. The summed E-state index contributed by atoms with van der Waals surface area (Å²) >= 11 is 3.15. The van der Waals surface area contributed by atoms with Gasteiger partial charge in [0, 0.05) is 17.6 Å². The molecule has 1 fully saturated rings. The van der Waals surface area contributed by atoms with Crippen molar-refractivity contribution in [1.29, 1.82) is 0 Å². The van der Waals surface area contributed by atoms with E-state index in [-0.39, 0.29) is 24.6 Å². The van der Waals surface area contributed by atoms with Crippen LogP contribution in [0.5, 0.6) is 0 Å². The fourth-order valence-electron chi connectivity index (χ4n) is 1.63. The fraction of sp³-hybridized carbons (Fsp3) is 0.273. The number of nitrogens with one attached hydrogen (secondary N) is 1. The van der Waals surface area contributed by atoms with Gasteiger partial charge in [-0.2, -0.15) is 0 Å². The number of benzene rings is 1. The molecule has 0 radical (unpaired) electrons. The van der Waals surface area contributed by atoms with Gasteiger partial charge in [0.05, 0.1) is 4.90 Å². The molecule has 2 amide bonds. The molecule has 108 valence electrons. The lowest BCUT2D eigenvalue weighted by Gasteiger charge is -2.12. The fourth-order valence-corrected chi connectivity index (χ4v) is 3.65. The second-order valence-electron chi connectivity index (χ2n) is 3.93. The van der Waals surface area contributed by atoms with Gasteiger partial charge in [-0.25, -0.2) is 22.8 Å². The van der Waals surface area contributed by atoms with Crippen LogP contribution < -0.4 is 4.72 Å². The van der Waals surface area contributed by atoms with Gasteiger partial charge in [0.15, 0.2) is 6.61 Å². The van der Waals surface area contributed by atoms with E-state index in [2.05, 4.69) is 25.4 Å². The van der Waals surface area contributed by atoms with Gasteiger partial charge in [-0.15, -0.1) is 0 Å². The van der Waals surface area contributed by atoms with Crippen molar-refractivity contribution >= 4 is 38.0 Å². The molecule has 1 aromatic carbocycles. The van der Waals surface area contributed by atoms with Gasteiger partial charge in [-0.1, -0.05) is 12.1 Å². The van der Waals surface area contributed by atoms with Crippen LogP contribution in [0.1, 0.15) is 0 Å². The molecule has 9 heteroatoms. The van der Waals surface area contributed by atoms with Gasteiger partial charge >= 0.3 is 6.09 Å². The summed E-state index contributed by atoms with van der Waals surface area (Å²) in [7, 11) is -3.70. The van der Waals surface area contributed by atoms with Gasteiger partial charge in [0.25, 0.3) is 5.91 Å². The summed E-state index contributed by atoms with van der Waals surface area (Å²) in [5, 5.41) is 0. The molecule has 0 aliphatic carbocycles. The smallest absolute Gasteiger partial charge is 0.417 e. The Balaban J connectivity index is 1.99. The van der Waals surface area contributed by atoms with Crippen LogP contribution in [0.3, 0.4) is 0 Å². The van der Waals surface area contributed by atoms with E-state index in [1.807, 2.05) is 0 Å². The summed E-state index contributed by atoms with van der Waals surface area (Å²) in [6.07, 6.45) is -0.755. The van der Waals surface area contributed by atoms with Gasteiger partial charge in [-0.05, 0) is 28.1 Å². The Morgan fingerprint density at radius 2 is 2.00 bits per heavy atom. The third-order valence-corrected chi connectivity index (χ3v) is 5.07. The number of nitrogens with zero attached hydrogens (tertiary/aromatic N) is 1. The third kappa shape index (κ3) is 3.17. The predicted octanol–water partition coefficient (Wildman–Crippen LogP) is 0.706. The van der Waals surface area contributed by atoms with Crippen molar-refractivity contribution in [3.8, 4) is 0 Å². The van der Waals surface area contributed by atoms with Gasteiger partial charge < -0.3 is 4.74 Å². The molecular formula is C11H11BrN2O5S. The van der Waals surface area contributed by atoms with Crippen molar-refractivity contribution in [1.82, 2.24) is 9.62 Å². The second-order valence-corrected chi connectivity index (χ2v) is 6.52. The van der Waals surface area contributed by atoms with Crippen molar-refractivity contribution < 1.29 is 22.7 Å². The summed E-state index contributed by atoms with van der Waals surface area (Å²) < 4.78 is 31.3. The molecule has 0 spiro atoms. The standard InChI is InChI=1S/C11H11BrN2O5S/c12-8-3-1-2-4-9(8)20(17,18)13-5-6-14-10(15)7-19-11(14)16/h1-4,13H,5-7H2. The van der Waals surface area contributed by atoms with E-state index in [1.54, 1.807) is 18.2 Å². The zero-order valence-electron chi connectivity index (χ0n) is 10.2. The van der Waals surface area contributed by atoms with E-state index in [9.17, 15) is 18.0 Å². The molecule has 1 aliphatic heterocycles. The number of amides is 2. The van der Waals surface area contributed by atoms with E-state index in [0.717, 1.165) is 4.90 Å². The summed E-state index contributed by atoms with van der Waals surface area (Å²) in [4.78, 5) is 23.4. The van der Waals surface area contributed by atoms with Crippen molar-refractivity contribution in [2.24, 2.45) is 0 Å². The normalized spacial score (nSPS) is 15.6. The molecule has 2 rings (SSSR count). The number of imide groups is 1. The Hall–Kier alpha value is -1.45. The lowest BCUT2D eigenvalue weighted by molar-refractivity contribution is -0.125. The van der Waals surface area contributed by atoms with Crippen molar-refractivity contribution in [2.45, 2.75) is 4.90 Å². The quantitative estimate of drug-likeness (QED) is 0.832. The Bertz CT molecular complexity index is 630. The number of rotatable bonds is 5. The molecule has 1 N–H and O–H groups in total. The number of hydrogen-bond donors (Lipinski definition) is 1. The first-order valence-corrected chi connectivity index (χ1v) is 7.91. The first-order chi connectivity index (χ1) is 9.42. The van der Waals surface area contributed by atoms with E-state index < -0.39 is 22.0 Å². The van der Waals surface area contributed by atoms with Crippen LogP contribution in [0.2, 0.25) is 0 Å². The maximum Gasteiger partial charge on any atom is 0.417 e. The summed E-state index contributed by atoms with van der Waals surface area (Å²) in [6, 6.07) is 6.35. The highest BCUT2D eigenvalue weighted by Crippen LogP contribution is 2.20. The van der Waals surface area contributed by atoms with Crippen LogP contribution in [0.25, 0.3) is 0 Å². The number of sulfonamides is 1. The SMILES string of the molecule is O=C1COC(=O)N1CCNS(=O)(=O)c1ccccc1Br. The highest BCUT2D eigenvalue weighted by molar-refractivity contribution is 9.10. The van der Waals surface area contributed by atoms with Crippen LogP contribution >= 0.6 is 15.9 Å². The summed E-state index contributed by atoms with van der Waals surface area (Å²) in [5.41, 5.74) is 0. The summed E-state index contributed by atoms with van der Waals surface area (Å²) in [5.74, 6) is -0.477. The Kier molecular flexibility index (Phi) is 4.41. The number of cyclic esters (lactones) is 1. The lowest BCUT2D eigenvalue weighted by atomic mass is 10.4. The molecular weight excluding hydrogens is 352 g/mol. The molecule has 20 heavy (non-hydrogen) atoms. The van der Waals surface area contributed by atoms with Gasteiger partial charge in [-0.3, -0.25) is 4.79 Å². The van der Waals surface area contributed by atoms with Crippen molar-refractivity contribution in [2.75, 3.05) is 19.7 Å². The molecule has 0 aromatic heterocycles. The van der Waals surface area contributed by atoms with E-state index in [0.29, 0.717) is 4.47 Å². The van der Waals surface area contributed by atoms with Crippen LogP contribution in [0.4, 0.5) is 4.79 Å². The monoisotopic (exact) mass is 362 g/mol. The lowest BCUT2D eigenvalue weighted by Crippen LogP contribution is -2.37. The topological polar surface area (TPSA) is 92.8 Å². The first-order valence-electron chi connectivity index (χ1n) is 5.63. The average molecular weight is 363 g/mol. The van der Waals surface area contributed by atoms with Gasteiger partial charge in [0.2, 0.25) is 10.0 Å². The Labute approximate surface area is 124 Å². The molecule has 0 bridgehead atoms. The van der Waals surface area contributed by atoms with E-state index >= 15 is 0 Å². The number of carbonyl (C=O) groups excluding carboxylic acids is 2. The molecule has 0 unspecified atom stereocenters. The molecule has 1 saturated heterocycles. The minimum atomic E-state index is -3.70. The van der Waals surface area contributed by atoms with Crippen LogP contribution in [-0.2, 0) is 19.6 Å². The van der Waals surface area contributed by atoms with E-state index in [1.165, 1.54) is 6.07 Å². The van der Waals surface area contributed by atoms with Gasteiger partial charge in [0.1, 0.15) is 0 Å². The largest absolute Gasteiger partial charge is 0.439 e. The molecule has 0 saturated carbocycles. The zero-order valence-corrected chi connectivity index (χ0v) is 12.6. The highest BCUT2D eigenvalue weighted by atomic mass is 79.9. The Morgan fingerprint density at radius 3 is 2.60 bits per heavy atom. The van der Waals surface area contributed by atoms with E-state index in [4.69, 9.17) is 0 Å². The highest BCUT2D eigenvalue weighted by Gasteiger charge is 2.30. The predicted molar refractivity (Wildman–Crippen MR) is 72.4 cm³/mol.